The van der Waals surface area contributed by atoms with E-state index in [1.165, 1.54) is 13.8 Å². The first kappa shape index (κ1) is 58.0. The van der Waals surface area contributed by atoms with Gasteiger partial charge in [-0.05, 0) is 20.3 Å². The summed E-state index contributed by atoms with van der Waals surface area (Å²) in [5.41, 5.74) is 5.31. The molecule has 17 nitrogen and oxygen atoms in total. The Bertz CT molecular complexity index is 1060. The van der Waals surface area contributed by atoms with Crippen molar-refractivity contribution in [1.29, 1.82) is 0 Å². The maximum atomic E-state index is 13.9. The van der Waals surface area contributed by atoms with Gasteiger partial charge in [-0.15, -0.1) is 0 Å². The number of carbonyl (C=O) groups excluding carboxylic acids is 2. The molecule has 0 aliphatic heterocycles. The third-order valence-corrected chi connectivity index (χ3v) is 7.15. The zero-order valence-corrected chi connectivity index (χ0v) is 34.3. The molecule has 0 saturated heterocycles. The fourth-order valence-corrected chi connectivity index (χ4v) is 4.10. The molecular formula is C35H62F8N2O15. The predicted octanol–water partition coefficient (Wildman–Crippen LogP) is 2.75. The normalized spacial score (nSPS) is 12.7. The summed E-state index contributed by atoms with van der Waals surface area (Å²) >= 11 is 0. The lowest BCUT2D eigenvalue weighted by molar-refractivity contribution is -0.500. The standard InChI is InChI=1S/C35H62F8N2O15/c1-3-45(4-2)31(47)33(38,39)60-35(42,43)34(40,41)59-32(36,37)30(46)6-5-8-48-10-12-50-14-16-52-18-20-54-22-24-56-26-28-58-29-27-57-25-23-55-21-19-53-17-15-51-13-11-49-9-7-44/h3-29,44H2,1-2H3. The van der Waals surface area contributed by atoms with Crippen LogP contribution in [0.4, 0.5) is 35.1 Å². The number of ether oxygens (including phenoxy) is 13. The lowest BCUT2D eigenvalue weighted by Gasteiger charge is -2.31. The average Bonchev–Trinajstić information content (AvgIpc) is 3.18. The van der Waals surface area contributed by atoms with Gasteiger partial charge in [0.1, 0.15) is 0 Å². The van der Waals surface area contributed by atoms with E-state index in [2.05, 4.69) is 9.47 Å². The summed E-state index contributed by atoms with van der Waals surface area (Å²) in [6.07, 6.45) is -25.6. The largest absolute Gasteiger partial charge is 0.453 e. The molecule has 0 aliphatic carbocycles. The highest BCUT2D eigenvalue weighted by Crippen LogP contribution is 2.44. The smallest absolute Gasteiger partial charge is 0.379 e. The van der Waals surface area contributed by atoms with Crippen molar-refractivity contribution in [3.63, 3.8) is 0 Å². The van der Waals surface area contributed by atoms with Crippen LogP contribution in [0.1, 0.15) is 26.7 Å². The number of carbonyl (C=O) groups is 2. The van der Waals surface area contributed by atoms with Crippen LogP contribution in [0.2, 0.25) is 0 Å². The monoisotopic (exact) mass is 902 g/mol. The third kappa shape index (κ3) is 29.3. The Kier molecular flexibility index (Phi) is 34.3. The van der Waals surface area contributed by atoms with Gasteiger partial charge < -0.3 is 62.7 Å². The van der Waals surface area contributed by atoms with Crippen molar-refractivity contribution in [2.24, 2.45) is 5.73 Å². The number of amides is 1. The molecule has 0 aromatic carbocycles. The molecule has 0 fully saturated rings. The fourth-order valence-electron chi connectivity index (χ4n) is 4.10. The number of ketones is 1. The van der Waals surface area contributed by atoms with Gasteiger partial charge in [0.15, 0.2) is 0 Å². The molecule has 358 valence electrons. The highest BCUT2D eigenvalue weighted by molar-refractivity contribution is 5.84. The van der Waals surface area contributed by atoms with Crippen LogP contribution in [0.25, 0.3) is 0 Å². The SMILES string of the molecule is CCN(CC)C(=O)C(F)(F)OC(F)(F)C(F)(F)OC(F)(F)C(=O)CCCOCCOCCOCCOCCOCCOCCOCCOCCOCCOCCOCCN. The molecule has 0 radical (unpaired) electrons. The molecule has 0 aromatic rings. The number of halogens is 8. The van der Waals surface area contributed by atoms with E-state index in [0.29, 0.717) is 112 Å². The lowest BCUT2D eigenvalue weighted by atomic mass is 10.2. The summed E-state index contributed by atoms with van der Waals surface area (Å²) in [6.45, 7) is 9.26. The maximum Gasteiger partial charge on any atom is 0.453 e. The Morgan fingerprint density at radius 2 is 0.667 bits per heavy atom. The number of hydrogen-bond donors (Lipinski definition) is 1. The topological polar surface area (TPSA) is 183 Å². The van der Waals surface area contributed by atoms with Gasteiger partial charge in [-0.2, -0.15) is 35.1 Å². The van der Waals surface area contributed by atoms with E-state index in [1.54, 1.807) is 0 Å². The van der Waals surface area contributed by atoms with Crippen molar-refractivity contribution in [2.45, 2.75) is 51.1 Å². The van der Waals surface area contributed by atoms with Crippen LogP contribution in [0, 0.1) is 0 Å². The number of alkyl halides is 8. The number of Topliss-reactive ketones (excluding diaryl/α,β-unsaturated/α-hetero) is 1. The zero-order chi connectivity index (χ0) is 45.0. The molecule has 0 atom stereocenters. The van der Waals surface area contributed by atoms with E-state index in [-0.39, 0.29) is 44.5 Å². The second-order valence-electron chi connectivity index (χ2n) is 11.8. The summed E-state index contributed by atoms with van der Waals surface area (Å²) in [5, 5.41) is 0. The number of likely N-dealkylation sites (N-methyl/N-ethyl adjacent to an activating group) is 1. The minimum atomic E-state index is -6.44. The van der Waals surface area contributed by atoms with Crippen molar-refractivity contribution >= 4 is 11.7 Å². The van der Waals surface area contributed by atoms with Gasteiger partial charge >= 0.3 is 30.3 Å². The molecule has 0 rings (SSSR count). The number of nitrogens with two attached hydrogens (primary N) is 1. The molecule has 0 heterocycles. The van der Waals surface area contributed by atoms with E-state index in [4.69, 9.17) is 57.8 Å². The highest BCUT2D eigenvalue weighted by atomic mass is 19.3. The lowest BCUT2D eigenvalue weighted by Crippen LogP contribution is -2.56. The molecule has 0 spiro atoms. The van der Waals surface area contributed by atoms with E-state index in [1.807, 2.05) is 0 Å². The minimum Gasteiger partial charge on any atom is -0.379 e. The molecule has 2 N–H and O–H groups in total. The van der Waals surface area contributed by atoms with Gasteiger partial charge in [0.25, 0.3) is 0 Å². The molecule has 0 aliphatic rings. The van der Waals surface area contributed by atoms with Crippen molar-refractivity contribution in [3.05, 3.63) is 0 Å². The molecular weight excluding hydrogens is 840 g/mol. The molecule has 0 aromatic heterocycles. The van der Waals surface area contributed by atoms with Gasteiger partial charge in [-0.3, -0.25) is 9.59 Å². The number of hydrogen-bond acceptors (Lipinski definition) is 16. The maximum absolute atomic E-state index is 13.9. The Hall–Kier alpha value is -1.98. The Balaban J connectivity index is 3.65. The van der Waals surface area contributed by atoms with Gasteiger partial charge in [0.2, 0.25) is 5.78 Å². The van der Waals surface area contributed by atoms with Crippen molar-refractivity contribution < 1.29 is 106 Å². The average molecular weight is 903 g/mol. The second kappa shape index (κ2) is 35.5. The first-order valence-electron chi connectivity index (χ1n) is 19.4. The second-order valence-corrected chi connectivity index (χ2v) is 11.8. The van der Waals surface area contributed by atoms with Crippen molar-refractivity contribution in [2.75, 3.05) is 165 Å². The van der Waals surface area contributed by atoms with Gasteiger partial charge in [0, 0.05) is 32.7 Å². The molecule has 0 bridgehead atoms. The first-order chi connectivity index (χ1) is 28.6. The van der Waals surface area contributed by atoms with E-state index < -0.39 is 62.1 Å². The minimum absolute atomic E-state index is 0.0428. The summed E-state index contributed by atoms with van der Waals surface area (Å²) < 4.78 is 175. The van der Waals surface area contributed by atoms with Crippen LogP contribution in [-0.4, -0.2) is 206 Å². The van der Waals surface area contributed by atoms with Crippen molar-refractivity contribution in [1.82, 2.24) is 4.90 Å². The van der Waals surface area contributed by atoms with Crippen molar-refractivity contribution in [3.8, 4) is 0 Å². The van der Waals surface area contributed by atoms with Crippen LogP contribution in [-0.2, 0) is 71.2 Å². The summed E-state index contributed by atoms with van der Waals surface area (Å²) in [7, 11) is 0. The van der Waals surface area contributed by atoms with Crippen LogP contribution >= 0.6 is 0 Å². The van der Waals surface area contributed by atoms with Gasteiger partial charge in [0.05, 0.1) is 139 Å². The number of rotatable bonds is 45. The van der Waals surface area contributed by atoms with Crippen LogP contribution in [0.5, 0.6) is 0 Å². The first-order valence-corrected chi connectivity index (χ1v) is 19.4. The quantitative estimate of drug-likeness (QED) is 0.0695. The van der Waals surface area contributed by atoms with E-state index in [9.17, 15) is 44.7 Å². The molecule has 0 saturated carbocycles. The molecule has 60 heavy (non-hydrogen) atoms. The van der Waals surface area contributed by atoms with E-state index in [0.717, 1.165) is 0 Å². The summed E-state index contributed by atoms with van der Waals surface area (Å²) in [6, 6.07) is 0. The van der Waals surface area contributed by atoms with Crippen LogP contribution in [0.15, 0.2) is 0 Å². The van der Waals surface area contributed by atoms with Gasteiger partial charge in [-0.25, -0.2) is 9.47 Å². The Labute approximate surface area is 344 Å². The fraction of sp³-hybridized carbons (Fsp3) is 0.943. The zero-order valence-electron chi connectivity index (χ0n) is 34.3. The number of nitrogens with zero attached hydrogens (tertiary/aromatic N) is 1. The van der Waals surface area contributed by atoms with Crippen LogP contribution in [0.3, 0.4) is 0 Å². The summed E-state index contributed by atoms with van der Waals surface area (Å²) in [5.74, 6) is -4.78. The molecule has 0 unspecified atom stereocenters. The predicted molar refractivity (Wildman–Crippen MR) is 192 cm³/mol. The van der Waals surface area contributed by atoms with Crippen LogP contribution < -0.4 is 5.73 Å². The Morgan fingerprint density at radius 1 is 0.417 bits per heavy atom. The summed E-state index contributed by atoms with van der Waals surface area (Å²) in [4.78, 5) is 23.6. The highest BCUT2D eigenvalue weighted by Gasteiger charge is 2.69. The molecule has 1 amide bonds. The molecule has 25 heteroatoms. The van der Waals surface area contributed by atoms with Gasteiger partial charge in [-0.1, -0.05) is 0 Å². The third-order valence-electron chi connectivity index (χ3n) is 7.15. The van der Waals surface area contributed by atoms with E-state index >= 15 is 0 Å². The Morgan fingerprint density at radius 3 is 0.933 bits per heavy atom.